The van der Waals surface area contributed by atoms with E-state index in [9.17, 15) is 9.59 Å². The molecule has 30 heavy (non-hydrogen) atoms. The number of amides is 1. The summed E-state index contributed by atoms with van der Waals surface area (Å²) < 4.78 is 6.51. The van der Waals surface area contributed by atoms with Crippen molar-refractivity contribution in [1.29, 1.82) is 0 Å². The summed E-state index contributed by atoms with van der Waals surface area (Å²) in [5.41, 5.74) is 0.942. The van der Waals surface area contributed by atoms with Crippen molar-refractivity contribution in [2.75, 3.05) is 37.6 Å². The molecule has 0 bridgehead atoms. The number of piperazine rings is 1. The predicted octanol–water partition coefficient (Wildman–Crippen LogP) is 1.92. The molecule has 2 aromatic heterocycles. The molecule has 1 N–H and O–H groups in total. The number of aromatic nitrogens is 2. The number of nitrogens with one attached hydrogen (secondary N) is 1. The van der Waals surface area contributed by atoms with E-state index in [0.717, 1.165) is 5.76 Å². The van der Waals surface area contributed by atoms with Gasteiger partial charge in [-0.05, 0) is 24.3 Å². The van der Waals surface area contributed by atoms with Crippen LogP contribution in [0.2, 0.25) is 5.02 Å². The maximum atomic E-state index is 12.7. The van der Waals surface area contributed by atoms with Crippen LogP contribution in [0.3, 0.4) is 0 Å². The highest BCUT2D eigenvalue weighted by atomic mass is 35.5. The quantitative estimate of drug-likeness (QED) is 0.647. The van der Waals surface area contributed by atoms with Crippen molar-refractivity contribution in [2.45, 2.75) is 6.54 Å². The van der Waals surface area contributed by atoms with Gasteiger partial charge in [0, 0.05) is 26.2 Å². The summed E-state index contributed by atoms with van der Waals surface area (Å²) >= 11 is 6.39. The van der Waals surface area contributed by atoms with Gasteiger partial charge in [-0.1, -0.05) is 29.8 Å². The molecule has 0 radical (unpaired) electrons. The lowest BCUT2D eigenvalue weighted by atomic mass is 10.2. The van der Waals surface area contributed by atoms with Gasteiger partial charge in [-0.25, -0.2) is 0 Å². The zero-order chi connectivity index (χ0) is 20.9. The van der Waals surface area contributed by atoms with Gasteiger partial charge in [0.25, 0.3) is 5.56 Å². The second kappa shape index (κ2) is 9.15. The van der Waals surface area contributed by atoms with Crippen molar-refractivity contribution >= 4 is 23.2 Å². The summed E-state index contributed by atoms with van der Waals surface area (Å²) in [6.45, 7) is 3.38. The van der Waals surface area contributed by atoms with Crippen molar-refractivity contribution in [3.8, 4) is 5.69 Å². The minimum Gasteiger partial charge on any atom is -0.467 e. The monoisotopic (exact) mass is 427 g/mol. The number of halogens is 1. The molecule has 156 valence electrons. The van der Waals surface area contributed by atoms with Crippen molar-refractivity contribution in [3.05, 3.63) is 76.1 Å². The number of carbonyl (C=O) groups excluding carboxylic acids is 1. The second-order valence-electron chi connectivity index (χ2n) is 7.02. The van der Waals surface area contributed by atoms with E-state index in [1.54, 1.807) is 30.7 Å². The predicted molar refractivity (Wildman–Crippen MR) is 114 cm³/mol. The Hall–Kier alpha value is -3.10. The lowest BCUT2D eigenvalue weighted by Crippen LogP contribution is -2.49. The fraction of sp³-hybridized carbons (Fsp3) is 0.286. The Morgan fingerprint density at radius 2 is 1.87 bits per heavy atom. The third kappa shape index (κ3) is 4.55. The summed E-state index contributed by atoms with van der Waals surface area (Å²) in [4.78, 5) is 28.9. The maximum Gasteiger partial charge on any atom is 0.292 e. The van der Waals surface area contributed by atoms with E-state index in [0.29, 0.717) is 50.6 Å². The van der Waals surface area contributed by atoms with Crippen molar-refractivity contribution in [3.63, 3.8) is 0 Å². The summed E-state index contributed by atoms with van der Waals surface area (Å²) in [6, 6.07) is 12.8. The van der Waals surface area contributed by atoms with E-state index in [2.05, 4.69) is 15.3 Å². The molecule has 0 atom stereocenters. The Bertz CT molecular complexity index is 1040. The van der Waals surface area contributed by atoms with E-state index < -0.39 is 0 Å². The Balaban J connectivity index is 1.34. The third-order valence-corrected chi connectivity index (χ3v) is 5.38. The third-order valence-electron chi connectivity index (χ3n) is 5.02. The zero-order valence-electron chi connectivity index (χ0n) is 16.3. The molecular weight excluding hydrogens is 406 g/mol. The van der Waals surface area contributed by atoms with Crippen molar-refractivity contribution in [2.24, 2.45) is 0 Å². The lowest BCUT2D eigenvalue weighted by Gasteiger charge is -2.35. The van der Waals surface area contributed by atoms with Gasteiger partial charge in [-0.2, -0.15) is 9.78 Å². The van der Waals surface area contributed by atoms with E-state index in [1.165, 1.54) is 4.68 Å². The maximum absolute atomic E-state index is 12.7. The number of carbonyl (C=O) groups is 1. The van der Waals surface area contributed by atoms with Crippen LogP contribution < -0.4 is 15.8 Å². The molecule has 1 amide bonds. The molecule has 0 aliphatic carbocycles. The minimum absolute atomic E-state index is 0.0509. The number of furan rings is 1. The van der Waals surface area contributed by atoms with Gasteiger partial charge >= 0.3 is 0 Å². The SMILES string of the molecule is O=C(CN1CCN(c2cnn(-c3ccccc3)c(=O)c2Cl)CC1)NCc1ccco1. The summed E-state index contributed by atoms with van der Waals surface area (Å²) in [5.74, 6) is 0.672. The summed E-state index contributed by atoms with van der Waals surface area (Å²) in [6.07, 6.45) is 3.21. The summed E-state index contributed by atoms with van der Waals surface area (Å²) in [5, 5.41) is 7.29. The molecule has 1 saturated heterocycles. The smallest absolute Gasteiger partial charge is 0.292 e. The molecule has 0 unspecified atom stereocenters. The molecule has 0 spiro atoms. The Morgan fingerprint density at radius 3 is 2.57 bits per heavy atom. The molecule has 4 rings (SSSR count). The molecule has 9 heteroatoms. The molecule has 1 aliphatic heterocycles. The Kier molecular flexibility index (Phi) is 6.15. The van der Waals surface area contributed by atoms with Crippen LogP contribution in [-0.4, -0.2) is 53.3 Å². The van der Waals surface area contributed by atoms with Crippen LogP contribution in [0.5, 0.6) is 0 Å². The lowest BCUT2D eigenvalue weighted by molar-refractivity contribution is -0.122. The highest BCUT2D eigenvalue weighted by Crippen LogP contribution is 2.23. The largest absolute Gasteiger partial charge is 0.467 e. The van der Waals surface area contributed by atoms with Crippen LogP contribution in [0.25, 0.3) is 5.69 Å². The fourth-order valence-electron chi connectivity index (χ4n) is 3.40. The van der Waals surface area contributed by atoms with E-state index >= 15 is 0 Å². The van der Waals surface area contributed by atoms with E-state index in [4.69, 9.17) is 16.0 Å². The molecule has 3 aromatic rings. The average Bonchev–Trinajstić information content (AvgIpc) is 3.29. The molecule has 0 saturated carbocycles. The van der Waals surface area contributed by atoms with Crippen LogP contribution in [0.15, 0.2) is 64.1 Å². The van der Waals surface area contributed by atoms with Crippen LogP contribution in [0.1, 0.15) is 5.76 Å². The van der Waals surface area contributed by atoms with Gasteiger partial charge in [-0.15, -0.1) is 0 Å². The molecular formula is C21H22ClN5O3. The molecule has 8 nitrogen and oxygen atoms in total. The van der Waals surface area contributed by atoms with Gasteiger partial charge < -0.3 is 14.6 Å². The van der Waals surface area contributed by atoms with Crippen LogP contribution in [-0.2, 0) is 11.3 Å². The molecule has 1 aliphatic rings. The van der Waals surface area contributed by atoms with Gasteiger partial charge in [0.05, 0.1) is 36.9 Å². The zero-order valence-corrected chi connectivity index (χ0v) is 17.1. The number of hydrogen-bond acceptors (Lipinski definition) is 6. The molecule has 1 aromatic carbocycles. The first kappa shape index (κ1) is 20.2. The Morgan fingerprint density at radius 1 is 1.10 bits per heavy atom. The summed E-state index contributed by atoms with van der Waals surface area (Å²) in [7, 11) is 0. The number of benzene rings is 1. The van der Waals surface area contributed by atoms with Crippen molar-refractivity contribution < 1.29 is 9.21 Å². The highest BCUT2D eigenvalue weighted by Gasteiger charge is 2.22. The van der Waals surface area contributed by atoms with Gasteiger partial charge in [0.1, 0.15) is 10.8 Å². The number of anilines is 1. The van der Waals surface area contributed by atoms with Gasteiger partial charge in [-0.3, -0.25) is 14.5 Å². The first-order chi connectivity index (χ1) is 14.6. The standard InChI is InChI=1S/C21H22ClN5O3/c22-20-18(14-24-27(21(20)29)16-5-2-1-3-6-16)26-10-8-25(9-11-26)15-19(28)23-13-17-7-4-12-30-17/h1-7,12,14H,8-11,13,15H2,(H,23,28). The van der Waals surface area contributed by atoms with Crippen LogP contribution >= 0.6 is 11.6 Å². The van der Waals surface area contributed by atoms with E-state index in [-0.39, 0.29) is 16.5 Å². The highest BCUT2D eigenvalue weighted by molar-refractivity contribution is 6.33. The van der Waals surface area contributed by atoms with E-state index in [1.807, 2.05) is 29.2 Å². The van der Waals surface area contributed by atoms with Gasteiger partial charge in [0.15, 0.2) is 0 Å². The normalized spacial score (nSPS) is 14.6. The van der Waals surface area contributed by atoms with Crippen molar-refractivity contribution in [1.82, 2.24) is 20.0 Å². The number of nitrogens with zero attached hydrogens (tertiary/aromatic N) is 4. The Labute approximate surface area is 178 Å². The number of rotatable bonds is 6. The molecule has 1 fully saturated rings. The average molecular weight is 428 g/mol. The van der Waals surface area contributed by atoms with Gasteiger partial charge in [0.2, 0.25) is 5.91 Å². The fourth-order valence-corrected chi connectivity index (χ4v) is 3.65. The molecule has 3 heterocycles. The first-order valence-electron chi connectivity index (χ1n) is 9.71. The first-order valence-corrected chi connectivity index (χ1v) is 10.1. The number of para-hydroxylation sites is 1. The minimum atomic E-state index is -0.347. The topological polar surface area (TPSA) is 83.6 Å². The van der Waals surface area contributed by atoms with Crippen LogP contribution in [0.4, 0.5) is 5.69 Å². The van der Waals surface area contributed by atoms with Crippen LogP contribution in [0, 0.1) is 0 Å². The number of hydrogen-bond donors (Lipinski definition) is 1. The second-order valence-corrected chi connectivity index (χ2v) is 7.39.